The number of benzene rings is 1. The quantitative estimate of drug-likeness (QED) is 0.816. The smallest absolute Gasteiger partial charge is 0.239 e. The molecule has 6 heteroatoms. The highest BCUT2D eigenvalue weighted by atomic mass is 19.1. The Balaban J connectivity index is 1.49. The maximum Gasteiger partial charge on any atom is 0.239 e. The number of carbonyl (C=O) groups is 1. The van der Waals surface area contributed by atoms with Gasteiger partial charge < -0.3 is 14.4 Å². The van der Waals surface area contributed by atoms with Gasteiger partial charge in [0.05, 0.1) is 25.9 Å². The Morgan fingerprint density at radius 2 is 2.00 bits per heavy atom. The molecule has 0 saturated carbocycles. The lowest BCUT2D eigenvalue weighted by molar-refractivity contribution is -0.140. The zero-order valence-electron chi connectivity index (χ0n) is 14.8. The normalized spacial score (nSPS) is 23.3. The topological polar surface area (TPSA) is 42.0 Å². The van der Waals surface area contributed by atoms with E-state index in [4.69, 9.17) is 9.47 Å². The Kier molecular flexibility index (Phi) is 6.26. The molecule has 2 aliphatic rings. The molecule has 5 nitrogen and oxygen atoms in total. The van der Waals surface area contributed by atoms with E-state index in [1.807, 2.05) is 11.8 Å². The van der Waals surface area contributed by atoms with Crippen molar-refractivity contribution in [1.82, 2.24) is 9.80 Å². The Bertz CT molecular complexity index is 560. The van der Waals surface area contributed by atoms with Crippen LogP contribution >= 0.6 is 0 Å². The van der Waals surface area contributed by atoms with E-state index in [1.165, 1.54) is 12.1 Å². The zero-order valence-corrected chi connectivity index (χ0v) is 14.8. The first-order chi connectivity index (χ1) is 12.1. The standard InChI is InChI=1S/C19H27FN2O3/c1-15(21-9-11-24-12-10-21)19(23)22-8-2-3-16(13-22)14-25-18-6-4-17(20)5-7-18/h4-7,15-16H,2-3,8-14H2,1H3/t15-,16+/m1/s1. The summed E-state index contributed by atoms with van der Waals surface area (Å²) in [4.78, 5) is 17.0. The highest BCUT2D eigenvalue weighted by Gasteiger charge is 2.30. The lowest BCUT2D eigenvalue weighted by atomic mass is 9.98. The summed E-state index contributed by atoms with van der Waals surface area (Å²) in [7, 11) is 0. The minimum Gasteiger partial charge on any atom is -0.493 e. The van der Waals surface area contributed by atoms with Gasteiger partial charge in [0.15, 0.2) is 0 Å². The number of halogens is 1. The van der Waals surface area contributed by atoms with Crippen molar-refractivity contribution in [3.05, 3.63) is 30.1 Å². The molecule has 138 valence electrons. The van der Waals surface area contributed by atoms with Crippen molar-refractivity contribution in [3.8, 4) is 5.75 Å². The van der Waals surface area contributed by atoms with E-state index in [0.29, 0.717) is 31.5 Å². The summed E-state index contributed by atoms with van der Waals surface area (Å²) in [6, 6.07) is 5.98. The van der Waals surface area contributed by atoms with E-state index in [9.17, 15) is 9.18 Å². The maximum atomic E-state index is 12.9. The van der Waals surface area contributed by atoms with Crippen LogP contribution in [0, 0.1) is 11.7 Å². The van der Waals surface area contributed by atoms with Crippen LogP contribution in [0.3, 0.4) is 0 Å². The van der Waals surface area contributed by atoms with E-state index < -0.39 is 0 Å². The molecule has 2 atom stereocenters. The third kappa shape index (κ3) is 4.92. The monoisotopic (exact) mass is 350 g/mol. The Hall–Kier alpha value is -1.66. The van der Waals surface area contributed by atoms with Crippen molar-refractivity contribution >= 4 is 5.91 Å². The number of hydrogen-bond donors (Lipinski definition) is 0. The van der Waals surface area contributed by atoms with Crippen LogP contribution in [0.1, 0.15) is 19.8 Å². The van der Waals surface area contributed by atoms with Crippen LogP contribution in [-0.4, -0.2) is 67.7 Å². The van der Waals surface area contributed by atoms with Gasteiger partial charge in [0, 0.05) is 32.1 Å². The van der Waals surface area contributed by atoms with Crippen molar-refractivity contribution in [1.29, 1.82) is 0 Å². The minimum absolute atomic E-state index is 0.0966. The molecule has 1 aromatic rings. The van der Waals surface area contributed by atoms with Gasteiger partial charge in [0.1, 0.15) is 11.6 Å². The van der Waals surface area contributed by atoms with E-state index >= 15 is 0 Å². The second-order valence-electron chi connectivity index (χ2n) is 6.88. The van der Waals surface area contributed by atoms with E-state index in [0.717, 1.165) is 39.0 Å². The molecular weight excluding hydrogens is 323 g/mol. The number of likely N-dealkylation sites (tertiary alicyclic amines) is 1. The van der Waals surface area contributed by atoms with Crippen molar-refractivity contribution in [2.45, 2.75) is 25.8 Å². The van der Waals surface area contributed by atoms with Crippen LogP contribution in [0.15, 0.2) is 24.3 Å². The molecule has 2 heterocycles. The average molecular weight is 350 g/mol. The SMILES string of the molecule is C[C@H](C(=O)N1CCC[C@H](COc2ccc(F)cc2)C1)N1CCOCC1. The summed E-state index contributed by atoms with van der Waals surface area (Å²) in [5, 5.41) is 0. The first-order valence-electron chi connectivity index (χ1n) is 9.12. The molecule has 0 radical (unpaired) electrons. The lowest BCUT2D eigenvalue weighted by Gasteiger charge is -2.38. The molecule has 0 unspecified atom stereocenters. The summed E-state index contributed by atoms with van der Waals surface area (Å²) in [6.07, 6.45) is 2.05. The van der Waals surface area contributed by atoms with Crippen LogP contribution < -0.4 is 4.74 Å². The van der Waals surface area contributed by atoms with Gasteiger partial charge in [-0.25, -0.2) is 4.39 Å². The second kappa shape index (κ2) is 8.63. The van der Waals surface area contributed by atoms with Crippen LogP contribution in [0.25, 0.3) is 0 Å². The molecule has 0 N–H and O–H groups in total. The Labute approximate surface area is 148 Å². The molecule has 3 rings (SSSR count). The fourth-order valence-electron chi connectivity index (χ4n) is 3.53. The molecular formula is C19H27FN2O3. The number of ether oxygens (including phenoxy) is 2. The molecule has 2 fully saturated rings. The van der Waals surface area contributed by atoms with Crippen molar-refractivity contribution in [2.75, 3.05) is 46.0 Å². The van der Waals surface area contributed by atoms with Gasteiger partial charge >= 0.3 is 0 Å². The van der Waals surface area contributed by atoms with Gasteiger partial charge in [0.25, 0.3) is 0 Å². The number of hydrogen-bond acceptors (Lipinski definition) is 4. The average Bonchev–Trinajstić information content (AvgIpc) is 2.67. The van der Waals surface area contributed by atoms with E-state index in [2.05, 4.69) is 4.90 Å². The predicted octanol–water partition coefficient (Wildman–Crippen LogP) is 2.16. The van der Waals surface area contributed by atoms with Crippen LogP contribution in [-0.2, 0) is 9.53 Å². The second-order valence-corrected chi connectivity index (χ2v) is 6.88. The predicted molar refractivity (Wildman–Crippen MR) is 93.1 cm³/mol. The third-order valence-electron chi connectivity index (χ3n) is 5.08. The summed E-state index contributed by atoms with van der Waals surface area (Å²) >= 11 is 0. The highest BCUT2D eigenvalue weighted by molar-refractivity contribution is 5.81. The zero-order chi connectivity index (χ0) is 17.6. The summed E-state index contributed by atoms with van der Waals surface area (Å²) in [5.74, 6) is 0.929. The first kappa shape index (κ1) is 18.1. The molecule has 2 saturated heterocycles. The number of carbonyl (C=O) groups excluding carboxylic acids is 1. The van der Waals surface area contributed by atoms with Crippen LogP contribution in [0.2, 0.25) is 0 Å². The number of morpholine rings is 1. The fraction of sp³-hybridized carbons (Fsp3) is 0.632. The van der Waals surface area contributed by atoms with Crippen molar-refractivity contribution < 1.29 is 18.7 Å². The number of rotatable bonds is 5. The largest absolute Gasteiger partial charge is 0.493 e. The number of amides is 1. The molecule has 0 aliphatic carbocycles. The van der Waals surface area contributed by atoms with Crippen LogP contribution in [0.4, 0.5) is 4.39 Å². The van der Waals surface area contributed by atoms with Crippen molar-refractivity contribution in [3.63, 3.8) is 0 Å². The number of nitrogens with zero attached hydrogens (tertiary/aromatic N) is 2. The summed E-state index contributed by atoms with van der Waals surface area (Å²) in [5.41, 5.74) is 0. The molecule has 0 aromatic heterocycles. The van der Waals surface area contributed by atoms with Gasteiger partial charge in [-0.1, -0.05) is 0 Å². The third-order valence-corrected chi connectivity index (χ3v) is 5.08. The first-order valence-corrected chi connectivity index (χ1v) is 9.12. The Morgan fingerprint density at radius 1 is 1.28 bits per heavy atom. The molecule has 2 aliphatic heterocycles. The lowest BCUT2D eigenvalue weighted by Crippen LogP contribution is -2.53. The number of piperidine rings is 1. The fourth-order valence-corrected chi connectivity index (χ4v) is 3.53. The maximum absolute atomic E-state index is 12.9. The summed E-state index contributed by atoms with van der Waals surface area (Å²) in [6.45, 7) is 7.14. The molecule has 0 bridgehead atoms. The molecule has 25 heavy (non-hydrogen) atoms. The van der Waals surface area contributed by atoms with Gasteiger partial charge in [-0.2, -0.15) is 0 Å². The molecule has 0 spiro atoms. The van der Waals surface area contributed by atoms with E-state index in [-0.39, 0.29) is 17.8 Å². The minimum atomic E-state index is -0.265. The van der Waals surface area contributed by atoms with Gasteiger partial charge in [-0.3, -0.25) is 9.69 Å². The van der Waals surface area contributed by atoms with Crippen molar-refractivity contribution in [2.24, 2.45) is 5.92 Å². The van der Waals surface area contributed by atoms with Crippen LogP contribution in [0.5, 0.6) is 5.75 Å². The van der Waals surface area contributed by atoms with E-state index in [1.54, 1.807) is 12.1 Å². The summed E-state index contributed by atoms with van der Waals surface area (Å²) < 4.78 is 24.1. The highest BCUT2D eigenvalue weighted by Crippen LogP contribution is 2.20. The van der Waals surface area contributed by atoms with Gasteiger partial charge in [-0.05, 0) is 44.0 Å². The molecule has 1 aromatic carbocycles. The van der Waals surface area contributed by atoms with Gasteiger partial charge in [0.2, 0.25) is 5.91 Å². The Morgan fingerprint density at radius 3 is 2.72 bits per heavy atom. The molecule has 1 amide bonds. The van der Waals surface area contributed by atoms with Gasteiger partial charge in [-0.15, -0.1) is 0 Å².